The van der Waals surface area contributed by atoms with Crippen molar-refractivity contribution in [1.82, 2.24) is 15.2 Å². The van der Waals surface area contributed by atoms with E-state index in [1.807, 2.05) is 69.3 Å². The first-order chi connectivity index (χ1) is 21.6. The number of carbonyl (C=O) groups is 4. The number of fused-ring (bicyclic) bond motifs is 4. The van der Waals surface area contributed by atoms with Crippen molar-refractivity contribution < 1.29 is 37.5 Å². The lowest BCUT2D eigenvalue weighted by atomic mass is 9.79. The molecule has 3 amide bonds. The fraction of sp³-hybridized carbons (Fsp3) is 0.364. The minimum Gasteiger partial charge on any atom is -0.475 e. The van der Waals surface area contributed by atoms with E-state index in [9.17, 15) is 27.6 Å². The van der Waals surface area contributed by atoms with Gasteiger partial charge in [0.15, 0.2) is 0 Å². The molecule has 3 aromatic rings. The second-order valence-electron chi connectivity index (χ2n) is 12.7. The number of carboxylic acid groups (broad SMARTS) is 1. The lowest BCUT2D eigenvalue weighted by Gasteiger charge is -2.39. The molecule has 1 aromatic heterocycles. The van der Waals surface area contributed by atoms with E-state index < -0.39 is 23.0 Å². The Bertz CT molecular complexity index is 1700. The summed E-state index contributed by atoms with van der Waals surface area (Å²) in [7, 11) is 0. The number of halogens is 3. The molecule has 0 radical (unpaired) electrons. The van der Waals surface area contributed by atoms with Crippen LogP contribution in [0, 0.1) is 5.41 Å². The van der Waals surface area contributed by atoms with Crippen molar-refractivity contribution >= 4 is 35.2 Å². The van der Waals surface area contributed by atoms with Crippen LogP contribution in [-0.2, 0) is 44.0 Å². The lowest BCUT2D eigenvalue weighted by molar-refractivity contribution is -0.192. The summed E-state index contributed by atoms with van der Waals surface area (Å²) in [6.07, 6.45) is -2.25. The monoisotopic (exact) mass is 637 g/mol. The van der Waals surface area contributed by atoms with E-state index in [4.69, 9.17) is 9.90 Å². The normalized spacial score (nSPS) is 19.6. The molecule has 46 heavy (non-hydrogen) atoms. The minimum atomic E-state index is -5.08. The summed E-state index contributed by atoms with van der Waals surface area (Å²) in [5.74, 6) is -2.48. The average Bonchev–Trinajstić information content (AvgIpc) is 3.51. The largest absolute Gasteiger partial charge is 0.490 e. The van der Waals surface area contributed by atoms with Gasteiger partial charge in [0.2, 0.25) is 17.7 Å². The Labute approximate surface area is 263 Å². The summed E-state index contributed by atoms with van der Waals surface area (Å²) < 4.78 is 31.7. The number of nitrogens with one attached hydrogen (secondary N) is 3. The quantitative estimate of drug-likeness (QED) is 0.333. The zero-order chi connectivity index (χ0) is 33.4. The number of carboxylic acids is 1. The van der Waals surface area contributed by atoms with Gasteiger partial charge in [-0.05, 0) is 53.3 Å². The molecular formula is C33H34F3N5O5. The van der Waals surface area contributed by atoms with Gasteiger partial charge < -0.3 is 26.0 Å². The number of aromatic nitrogens is 1. The van der Waals surface area contributed by atoms with Crippen LogP contribution in [0.3, 0.4) is 0 Å². The van der Waals surface area contributed by atoms with Crippen LogP contribution in [0.2, 0.25) is 0 Å². The minimum absolute atomic E-state index is 0.0318. The van der Waals surface area contributed by atoms with E-state index >= 15 is 0 Å². The first kappa shape index (κ1) is 32.6. The third kappa shape index (κ3) is 6.45. The highest BCUT2D eigenvalue weighted by Crippen LogP contribution is 2.47. The number of pyridine rings is 1. The van der Waals surface area contributed by atoms with Gasteiger partial charge in [0.05, 0.1) is 11.5 Å². The van der Waals surface area contributed by atoms with Crippen molar-refractivity contribution in [3.63, 3.8) is 0 Å². The third-order valence-electron chi connectivity index (χ3n) is 8.37. The molecule has 0 saturated carbocycles. The maximum atomic E-state index is 13.6. The smallest absolute Gasteiger partial charge is 0.475 e. The Hall–Kier alpha value is -4.78. The van der Waals surface area contributed by atoms with Crippen LogP contribution in [0.4, 0.5) is 24.7 Å². The fourth-order valence-electron chi connectivity index (χ4n) is 6.21. The van der Waals surface area contributed by atoms with Gasteiger partial charge in [0.25, 0.3) is 0 Å². The summed E-state index contributed by atoms with van der Waals surface area (Å²) in [5, 5.41) is 16.5. The topological polar surface area (TPSA) is 141 Å². The standard InChI is InChI=1S/C31H33N5O3.C2HF3O2/c1-30(2,3)29(39)36(25-17-32-16-20-7-4-5-8-23(20)25)18-26(37)34-22-11-10-19-14-31(15-21(19)13-22)24-9-6-12-33-27(24)35-28(31)38;3-2(4,5)1(6)7/h4-13,25,32H,14-18H2,1-3H3,(H,34,37)(H,33,35,38);(H,6,7). The van der Waals surface area contributed by atoms with Gasteiger partial charge in [-0.3, -0.25) is 14.4 Å². The summed E-state index contributed by atoms with van der Waals surface area (Å²) in [6.45, 7) is 6.92. The number of aliphatic carboxylic acids is 1. The van der Waals surface area contributed by atoms with Crippen LogP contribution in [0.1, 0.15) is 54.6 Å². The van der Waals surface area contributed by atoms with Crippen molar-refractivity contribution in [1.29, 1.82) is 0 Å². The molecule has 0 bridgehead atoms. The molecule has 1 aliphatic carbocycles. The van der Waals surface area contributed by atoms with Gasteiger partial charge in [-0.1, -0.05) is 57.2 Å². The van der Waals surface area contributed by atoms with Crippen LogP contribution < -0.4 is 16.0 Å². The Morgan fingerprint density at radius 2 is 1.72 bits per heavy atom. The second kappa shape index (κ2) is 12.2. The van der Waals surface area contributed by atoms with Crippen molar-refractivity contribution in [3.8, 4) is 0 Å². The van der Waals surface area contributed by atoms with Crippen molar-refractivity contribution in [3.05, 3.63) is 88.6 Å². The Kier molecular flexibility index (Phi) is 8.65. The highest BCUT2D eigenvalue weighted by molar-refractivity contribution is 6.06. The molecule has 242 valence electrons. The highest BCUT2D eigenvalue weighted by Gasteiger charge is 2.51. The Morgan fingerprint density at radius 3 is 2.41 bits per heavy atom. The van der Waals surface area contributed by atoms with E-state index in [-0.39, 0.29) is 30.3 Å². The molecule has 1 spiro atoms. The molecule has 3 heterocycles. The molecule has 0 fully saturated rings. The highest BCUT2D eigenvalue weighted by atomic mass is 19.4. The van der Waals surface area contributed by atoms with Gasteiger partial charge >= 0.3 is 12.1 Å². The molecule has 2 unspecified atom stereocenters. The SMILES string of the molecule is CC(C)(C)C(=O)N(CC(=O)Nc1ccc2c(c1)CC1(C2)C(=O)Nc2ncccc21)C1CNCc2ccccc21.O=C(O)C(F)(F)F. The predicted octanol–water partition coefficient (Wildman–Crippen LogP) is 4.36. The third-order valence-corrected chi connectivity index (χ3v) is 8.37. The van der Waals surface area contributed by atoms with Crippen LogP contribution in [0.25, 0.3) is 0 Å². The van der Waals surface area contributed by atoms with Crippen molar-refractivity contribution in [2.24, 2.45) is 5.41 Å². The zero-order valence-electron chi connectivity index (χ0n) is 25.5. The second-order valence-corrected chi connectivity index (χ2v) is 12.7. The number of rotatable bonds is 4. The van der Waals surface area contributed by atoms with E-state index in [1.54, 1.807) is 11.1 Å². The van der Waals surface area contributed by atoms with Crippen molar-refractivity contribution in [2.75, 3.05) is 23.7 Å². The molecule has 10 nitrogen and oxygen atoms in total. The Balaban J connectivity index is 0.000000537. The number of hydrogen-bond donors (Lipinski definition) is 4. The molecule has 13 heteroatoms. The van der Waals surface area contributed by atoms with E-state index in [2.05, 4.69) is 27.0 Å². The van der Waals surface area contributed by atoms with Gasteiger partial charge in [0, 0.05) is 36.0 Å². The van der Waals surface area contributed by atoms with Crippen LogP contribution >= 0.6 is 0 Å². The first-order valence-electron chi connectivity index (χ1n) is 14.7. The van der Waals surface area contributed by atoms with E-state index in [1.165, 1.54) is 0 Å². The maximum Gasteiger partial charge on any atom is 0.490 e. The number of nitrogens with zero attached hydrogens (tertiary/aromatic N) is 2. The number of anilines is 2. The van der Waals surface area contributed by atoms with Crippen LogP contribution in [0.5, 0.6) is 0 Å². The van der Waals surface area contributed by atoms with Gasteiger partial charge in [-0.2, -0.15) is 13.2 Å². The van der Waals surface area contributed by atoms with Gasteiger partial charge in [-0.15, -0.1) is 0 Å². The van der Waals surface area contributed by atoms with Crippen LogP contribution in [-0.4, -0.2) is 57.9 Å². The summed E-state index contributed by atoms with van der Waals surface area (Å²) in [4.78, 5) is 54.9. The number of amides is 3. The van der Waals surface area contributed by atoms with Crippen LogP contribution in [0.15, 0.2) is 60.8 Å². The number of alkyl halides is 3. The van der Waals surface area contributed by atoms with Gasteiger partial charge in [-0.25, -0.2) is 9.78 Å². The van der Waals surface area contributed by atoms with Gasteiger partial charge in [0.1, 0.15) is 12.4 Å². The molecule has 6 rings (SSSR count). The molecule has 2 aliphatic heterocycles. The summed E-state index contributed by atoms with van der Waals surface area (Å²) in [6, 6.07) is 17.5. The first-order valence-corrected chi connectivity index (χ1v) is 14.7. The molecule has 2 aromatic carbocycles. The van der Waals surface area contributed by atoms with Crippen molar-refractivity contribution in [2.45, 2.75) is 57.8 Å². The molecule has 3 aliphatic rings. The Morgan fingerprint density at radius 1 is 1.02 bits per heavy atom. The number of hydrogen-bond acceptors (Lipinski definition) is 6. The van der Waals surface area contributed by atoms with E-state index in [0.29, 0.717) is 30.9 Å². The molecule has 0 saturated heterocycles. The summed E-state index contributed by atoms with van der Waals surface area (Å²) in [5.41, 5.74) is 4.63. The molecule has 4 N–H and O–H groups in total. The maximum absolute atomic E-state index is 13.6. The predicted molar refractivity (Wildman–Crippen MR) is 163 cm³/mol. The fourth-order valence-corrected chi connectivity index (χ4v) is 6.21. The molecule has 2 atom stereocenters. The number of benzene rings is 2. The summed E-state index contributed by atoms with van der Waals surface area (Å²) >= 11 is 0. The average molecular weight is 638 g/mol. The number of carbonyl (C=O) groups excluding carboxylic acids is 3. The zero-order valence-corrected chi connectivity index (χ0v) is 25.5. The van der Waals surface area contributed by atoms with E-state index in [0.717, 1.165) is 34.4 Å². The molecular weight excluding hydrogens is 603 g/mol. The lowest BCUT2D eigenvalue weighted by Crippen LogP contribution is -2.49.